The largest absolute Gasteiger partial charge is 0.345 e. The number of nitrogens with one attached hydrogen (secondary N) is 2. The second-order valence-electron chi connectivity index (χ2n) is 7.84. The van der Waals surface area contributed by atoms with Crippen LogP contribution in [0.5, 0.6) is 0 Å². The Labute approximate surface area is 188 Å². The number of hydrogen-bond acceptors (Lipinski definition) is 2. The van der Waals surface area contributed by atoms with Gasteiger partial charge in [-0.2, -0.15) is 0 Å². The Morgan fingerprint density at radius 2 is 1.47 bits per heavy atom. The van der Waals surface area contributed by atoms with Crippen molar-refractivity contribution >= 4 is 28.3 Å². The van der Waals surface area contributed by atoms with Crippen LogP contribution in [-0.4, -0.2) is 11.8 Å². The van der Waals surface area contributed by atoms with Crippen molar-refractivity contribution in [1.82, 2.24) is 5.32 Å². The highest BCUT2D eigenvalue weighted by Crippen LogP contribution is 2.21. The Morgan fingerprint density at radius 1 is 0.781 bits per heavy atom. The average molecular weight is 423 g/mol. The lowest BCUT2D eigenvalue weighted by molar-refractivity contribution is -0.116. The fourth-order valence-electron chi connectivity index (χ4n) is 3.86. The predicted molar refractivity (Wildman–Crippen MR) is 130 cm³/mol. The van der Waals surface area contributed by atoms with Crippen molar-refractivity contribution in [2.45, 2.75) is 25.8 Å². The Kier molecular flexibility index (Phi) is 6.61. The van der Waals surface area contributed by atoms with Crippen LogP contribution in [-0.2, 0) is 11.2 Å². The molecule has 4 rings (SSSR count). The number of hydrogen-bond donors (Lipinski definition) is 2. The first-order valence-corrected chi connectivity index (χ1v) is 10.8. The van der Waals surface area contributed by atoms with E-state index in [0.29, 0.717) is 24.1 Å². The summed E-state index contributed by atoms with van der Waals surface area (Å²) in [6.07, 6.45) is 0.969. The Bertz CT molecular complexity index is 1230. The fourth-order valence-corrected chi connectivity index (χ4v) is 3.86. The van der Waals surface area contributed by atoms with Gasteiger partial charge in [0.1, 0.15) is 0 Å². The minimum absolute atomic E-state index is 0.116. The third-order valence-electron chi connectivity index (χ3n) is 5.59. The molecule has 4 aromatic rings. The monoisotopic (exact) mass is 422 g/mol. The number of anilines is 1. The molecule has 0 spiro atoms. The first-order chi connectivity index (χ1) is 15.6. The molecule has 2 amide bonds. The molecule has 2 N–H and O–H groups in total. The van der Waals surface area contributed by atoms with Crippen LogP contribution in [0.1, 0.15) is 40.9 Å². The highest BCUT2D eigenvalue weighted by molar-refractivity contribution is 6.04. The predicted octanol–water partition coefficient (Wildman–Crippen LogP) is 5.90. The third-order valence-corrected chi connectivity index (χ3v) is 5.59. The average Bonchev–Trinajstić information content (AvgIpc) is 2.83. The summed E-state index contributed by atoms with van der Waals surface area (Å²) in [4.78, 5) is 25.6. The molecule has 0 heterocycles. The quantitative estimate of drug-likeness (QED) is 0.389. The van der Waals surface area contributed by atoms with E-state index in [-0.39, 0.29) is 17.9 Å². The molecule has 4 aromatic carbocycles. The normalized spacial score (nSPS) is 11.7. The second-order valence-corrected chi connectivity index (χ2v) is 7.84. The van der Waals surface area contributed by atoms with Gasteiger partial charge in [-0.05, 0) is 47.4 Å². The van der Waals surface area contributed by atoms with Crippen molar-refractivity contribution in [2.75, 3.05) is 5.32 Å². The third kappa shape index (κ3) is 5.03. The maximum atomic E-state index is 12.9. The zero-order chi connectivity index (χ0) is 22.3. The number of carbonyl (C=O) groups is 2. The molecule has 0 fully saturated rings. The zero-order valence-corrected chi connectivity index (χ0v) is 18.0. The molecule has 1 unspecified atom stereocenters. The molecule has 0 aliphatic heterocycles. The minimum atomic E-state index is -0.216. The van der Waals surface area contributed by atoms with Gasteiger partial charge in [0.25, 0.3) is 5.91 Å². The van der Waals surface area contributed by atoms with E-state index in [1.165, 1.54) is 5.39 Å². The lowest BCUT2D eigenvalue weighted by Gasteiger charge is -2.16. The number of aryl methyl sites for hydroxylation is 1. The summed E-state index contributed by atoms with van der Waals surface area (Å²) in [6, 6.07) is 31.1. The van der Waals surface area contributed by atoms with E-state index < -0.39 is 0 Å². The highest BCUT2D eigenvalue weighted by Gasteiger charge is 2.16. The Balaban J connectivity index is 1.42. The molecule has 0 bridgehead atoms. The Hall–Kier alpha value is -3.92. The fraction of sp³-hybridized carbons (Fsp3) is 0.143. The molecule has 1 atom stereocenters. The molecular weight excluding hydrogens is 396 g/mol. The molecule has 0 radical (unpaired) electrons. The van der Waals surface area contributed by atoms with Gasteiger partial charge in [-0.3, -0.25) is 9.59 Å². The molecular formula is C28H26N2O2. The molecule has 4 heteroatoms. The molecule has 160 valence electrons. The van der Waals surface area contributed by atoms with E-state index in [1.54, 1.807) is 18.2 Å². The van der Waals surface area contributed by atoms with Gasteiger partial charge in [-0.1, -0.05) is 84.9 Å². The van der Waals surface area contributed by atoms with Crippen molar-refractivity contribution in [1.29, 1.82) is 0 Å². The lowest BCUT2D eigenvalue weighted by atomic mass is 10.0. The molecule has 0 saturated carbocycles. The summed E-state index contributed by atoms with van der Waals surface area (Å²) < 4.78 is 0. The molecule has 0 aliphatic rings. The summed E-state index contributed by atoms with van der Waals surface area (Å²) >= 11 is 0. The minimum Gasteiger partial charge on any atom is -0.345 e. The maximum Gasteiger partial charge on any atom is 0.253 e. The highest BCUT2D eigenvalue weighted by atomic mass is 16.2. The Morgan fingerprint density at radius 3 is 2.31 bits per heavy atom. The zero-order valence-electron chi connectivity index (χ0n) is 18.0. The lowest BCUT2D eigenvalue weighted by Crippen LogP contribution is -2.28. The number of benzene rings is 4. The van der Waals surface area contributed by atoms with Crippen LogP contribution in [0, 0.1) is 0 Å². The SMILES string of the molecule is CC(NC(=O)c1ccccc1NC(=O)CCc1cccc2ccccc12)c1ccccc1. The van der Waals surface area contributed by atoms with E-state index in [9.17, 15) is 9.59 Å². The van der Waals surface area contributed by atoms with Crippen LogP contribution in [0.2, 0.25) is 0 Å². The first kappa shape index (κ1) is 21.3. The van der Waals surface area contributed by atoms with Crippen molar-refractivity contribution in [3.63, 3.8) is 0 Å². The van der Waals surface area contributed by atoms with Gasteiger partial charge < -0.3 is 10.6 Å². The van der Waals surface area contributed by atoms with Crippen LogP contribution < -0.4 is 10.6 Å². The van der Waals surface area contributed by atoms with Crippen LogP contribution in [0.4, 0.5) is 5.69 Å². The number of carbonyl (C=O) groups excluding carboxylic acids is 2. The van der Waals surface area contributed by atoms with Gasteiger partial charge in [0.15, 0.2) is 0 Å². The standard InChI is InChI=1S/C28H26N2O2/c1-20(21-10-3-2-4-11-21)29-28(32)25-16-7-8-17-26(25)30-27(31)19-18-23-14-9-13-22-12-5-6-15-24(22)23/h2-17,20H,18-19H2,1H3,(H,29,32)(H,30,31). The second kappa shape index (κ2) is 9.92. The topological polar surface area (TPSA) is 58.2 Å². The molecule has 32 heavy (non-hydrogen) atoms. The van der Waals surface area contributed by atoms with Crippen molar-refractivity contribution in [2.24, 2.45) is 0 Å². The van der Waals surface area contributed by atoms with Crippen LogP contribution in [0.25, 0.3) is 10.8 Å². The first-order valence-electron chi connectivity index (χ1n) is 10.8. The molecule has 0 saturated heterocycles. The van der Waals surface area contributed by atoms with Gasteiger partial charge >= 0.3 is 0 Å². The molecule has 0 aliphatic carbocycles. The van der Waals surface area contributed by atoms with Crippen LogP contribution >= 0.6 is 0 Å². The van der Waals surface area contributed by atoms with Crippen molar-refractivity contribution in [3.05, 3.63) is 114 Å². The van der Waals surface area contributed by atoms with Gasteiger partial charge in [0.05, 0.1) is 17.3 Å². The van der Waals surface area contributed by atoms with E-state index in [1.807, 2.05) is 61.5 Å². The maximum absolute atomic E-state index is 12.9. The van der Waals surface area contributed by atoms with Crippen LogP contribution in [0.3, 0.4) is 0 Å². The van der Waals surface area contributed by atoms with Gasteiger partial charge in [-0.25, -0.2) is 0 Å². The van der Waals surface area contributed by atoms with E-state index >= 15 is 0 Å². The smallest absolute Gasteiger partial charge is 0.253 e. The van der Waals surface area contributed by atoms with E-state index in [4.69, 9.17) is 0 Å². The van der Waals surface area contributed by atoms with Crippen molar-refractivity contribution < 1.29 is 9.59 Å². The summed E-state index contributed by atoms with van der Waals surface area (Å²) in [7, 11) is 0. The number of fused-ring (bicyclic) bond motifs is 1. The number of amides is 2. The molecule has 0 aromatic heterocycles. The van der Waals surface area contributed by atoms with Gasteiger partial charge in [0, 0.05) is 6.42 Å². The van der Waals surface area contributed by atoms with Gasteiger partial charge in [-0.15, -0.1) is 0 Å². The van der Waals surface area contributed by atoms with Crippen molar-refractivity contribution in [3.8, 4) is 0 Å². The van der Waals surface area contributed by atoms with E-state index in [2.05, 4.69) is 34.9 Å². The van der Waals surface area contributed by atoms with Gasteiger partial charge in [0.2, 0.25) is 5.91 Å². The number of rotatable bonds is 7. The van der Waals surface area contributed by atoms with Crippen LogP contribution in [0.15, 0.2) is 97.1 Å². The van der Waals surface area contributed by atoms with E-state index in [0.717, 1.165) is 16.5 Å². The summed E-state index contributed by atoms with van der Waals surface area (Å²) in [6.45, 7) is 1.94. The summed E-state index contributed by atoms with van der Waals surface area (Å²) in [5.74, 6) is -0.333. The summed E-state index contributed by atoms with van der Waals surface area (Å²) in [5, 5.41) is 8.27. The number of para-hydroxylation sites is 1. The molecule has 4 nitrogen and oxygen atoms in total. The summed E-state index contributed by atoms with van der Waals surface area (Å²) in [5.41, 5.74) is 3.14.